The van der Waals surface area contributed by atoms with Gasteiger partial charge in [0.15, 0.2) is 0 Å². The van der Waals surface area contributed by atoms with Crippen molar-refractivity contribution in [3.05, 3.63) is 35.9 Å². The van der Waals surface area contributed by atoms with Crippen molar-refractivity contribution in [3.63, 3.8) is 0 Å². The van der Waals surface area contributed by atoms with Crippen LogP contribution in [-0.2, 0) is 4.79 Å². The molecule has 21 heavy (non-hydrogen) atoms. The molecule has 2 fully saturated rings. The summed E-state index contributed by atoms with van der Waals surface area (Å²) in [4.78, 5) is 11.0. The number of hydrogen-bond donors (Lipinski definition) is 2. The summed E-state index contributed by atoms with van der Waals surface area (Å²) in [6.45, 7) is 0. The highest BCUT2D eigenvalue weighted by atomic mass is 16.4. The molecule has 1 aromatic carbocycles. The lowest BCUT2D eigenvalue weighted by Gasteiger charge is -2.38. The molecule has 0 spiro atoms. The van der Waals surface area contributed by atoms with E-state index in [0.717, 1.165) is 31.6 Å². The first-order chi connectivity index (χ1) is 10.2. The lowest BCUT2D eigenvalue weighted by Crippen LogP contribution is -2.41. The third-order valence-electron chi connectivity index (χ3n) is 5.27. The molecule has 1 aromatic rings. The zero-order valence-electron chi connectivity index (χ0n) is 12.5. The highest BCUT2D eigenvalue weighted by Gasteiger charge is 2.32. The number of carboxylic acids is 1. The van der Waals surface area contributed by atoms with Gasteiger partial charge in [-0.15, -0.1) is 0 Å². The van der Waals surface area contributed by atoms with Gasteiger partial charge in [-0.2, -0.15) is 0 Å². The number of carbonyl (C=O) groups is 1. The molecule has 2 saturated carbocycles. The molecule has 0 bridgehead atoms. The summed E-state index contributed by atoms with van der Waals surface area (Å²) < 4.78 is 0. The summed E-state index contributed by atoms with van der Waals surface area (Å²) >= 11 is 0. The van der Waals surface area contributed by atoms with Gasteiger partial charge < -0.3 is 10.4 Å². The Hall–Kier alpha value is -1.35. The highest BCUT2D eigenvalue weighted by Crippen LogP contribution is 2.39. The Morgan fingerprint density at radius 3 is 2.24 bits per heavy atom. The molecule has 3 rings (SSSR count). The molecular formula is C18H25NO2. The molecule has 3 heteroatoms. The topological polar surface area (TPSA) is 49.3 Å². The minimum atomic E-state index is -0.618. The van der Waals surface area contributed by atoms with E-state index in [1.807, 2.05) is 0 Å². The fourth-order valence-corrected chi connectivity index (χ4v) is 3.70. The Kier molecular flexibility index (Phi) is 4.59. The van der Waals surface area contributed by atoms with Gasteiger partial charge in [-0.3, -0.25) is 4.79 Å². The van der Waals surface area contributed by atoms with Gasteiger partial charge in [0.25, 0.3) is 0 Å². The lowest BCUT2D eigenvalue weighted by atomic mass is 9.76. The monoisotopic (exact) mass is 287 g/mol. The van der Waals surface area contributed by atoms with Crippen LogP contribution in [0.15, 0.2) is 30.3 Å². The van der Waals surface area contributed by atoms with Crippen LogP contribution in [0.2, 0.25) is 0 Å². The number of carboxylic acid groups (broad SMARTS) is 1. The average molecular weight is 287 g/mol. The summed E-state index contributed by atoms with van der Waals surface area (Å²) in [5.41, 5.74) is 1.39. The molecule has 0 radical (unpaired) electrons. The number of hydrogen-bond acceptors (Lipinski definition) is 2. The van der Waals surface area contributed by atoms with Crippen LogP contribution >= 0.6 is 0 Å². The maximum atomic E-state index is 11.0. The number of benzene rings is 1. The number of rotatable bonds is 5. The van der Waals surface area contributed by atoms with Crippen LogP contribution < -0.4 is 5.32 Å². The quantitative estimate of drug-likeness (QED) is 0.867. The van der Waals surface area contributed by atoms with Crippen molar-refractivity contribution >= 4 is 5.97 Å². The van der Waals surface area contributed by atoms with E-state index >= 15 is 0 Å². The van der Waals surface area contributed by atoms with E-state index in [2.05, 4.69) is 35.6 Å². The van der Waals surface area contributed by atoms with E-state index in [-0.39, 0.29) is 5.92 Å². The molecule has 0 saturated heterocycles. The molecule has 1 unspecified atom stereocenters. The van der Waals surface area contributed by atoms with Gasteiger partial charge in [-0.25, -0.2) is 0 Å². The summed E-state index contributed by atoms with van der Waals surface area (Å²) in [7, 11) is 0. The maximum absolute atomic E-state index is 11.0. The van der Waals surface area contributed by atoms with E-state index in [1.54, 1.807) is 0 Å². The fourth-order valence-electron chi connectivity index (χ4n) is 3.70. The van der Waals surface area contributed by atoms with Crippen LogP contribution in [0.25, 0.3) is 0 Å². The Morgan fingerprint density at radius 1 is 1.05 bits per heavy atom. The molecule has 2 aliphatic rings. The molecule has 3 nitrogen and oxygen atoms in total. The Bertz CT molecular complexity index is 461. The highest BCUT2D eigenvalue weighted by molar-refractivity contribution is 5.70. The first-order valence-electron chi connectivity index (χ1n) is 8.28. The van der Waals surface area contributed by atoms with E-state index < -0.39 is 5.97 Å². The van der Waals surface area contributed by atoms with Crippen molar-refractivity contribution in [1.82, 2.24) is 5.32 Å². The smallest absolute Gasteiger partial charge is 0.306 e. The van der Waals surface area contributed by atoms with Gasteiger partial charge in [0.1, 0.15) is 0 Å². The van der Waals surface area contributed by atoms with Crippen LogP contribution in [0.3, 0.4) is 0 Å². The normalized spacial score (nSPS) is 27.8. The minimum Gasteiger partial charge on any atom is -0.481 e. The second-order valence-corrected chi connectivity index (χ2v) is 6.63. The standard InChI is InChI=1S/C18H25NO2/c20-18(21)15-9-11-16(12-10-15)19-17(14-7-4-8-14)13-5-2-1-3-6-13/h1-3,5-6,14-17,19H,4,7-12H2,(H,20,21). The molecule has 2 N–H and O–H groups in total. The van der Waals surface area contributed by atoms with Gasteiger partial charge in [0.05, 0.1) is 5.92 Å². The summed E-state index contributed by atoms with van der Waals surface area (Å²) in [6.07, 6.45) is 7.61. The maximum Gasteiger partial charge on any atom is 0.306 e. The van der Waals surface area contributed by atoms with Crippen molar-refractivity contribution in [3.8, 4) is 0 Å². The second kappa shape index (κ2) is 6.61. The van der Waals surface area contributed by atoms with Crippen LogP contribution in [0, 0.1) is 11.8 Å². The molecule has 1 atom stereocenters. The van der Waals surface area contributed by atoms with Crippen LogP contribution in [0.1, 0.15) is 56.6 Å². The van der Waals surface area contributed by atoms with Crippen LogP contribution in [0.5, 0.6) is 0 Å². The number of nitrogens with one attached hydrogen (secondary N) is 1. The minimum absolute atomic E-state index is 0.123. The van der Waals surface area contributed by atoms with Crippen molar-refractivity contribution in [1.29, 1.82) is 0 Å². The largest absolute Gasteiger partial charge is 0.481 e. The fraction of sp³-hybridized carbons (Fsp3) is 0.611. The molecule has 114 valence electrons. The zero-order valence-corrected chi connectivity index (χ0v) is 12.5. The SMILES string of the molecule is O=C(O)C1CCC(NC(c2ccccc2)C2CCC2)CC1. The molecule has 0 amide bonds. The predicted octanol–water partition coefficient (Wildman–Crippen LogP) is 3.76. The first kappa shape index (κ1) is 14.6. The van der Waals surface area contributed by atoms with E-state index in [9.17, 15) is 4.79 Å². The molecular weight excluding hydrogens is 262 g/mol. The van der Waals surface area contributed by atoms with Crippen molar-refractivity contribution in [2.75, 3.05) is 0 Å². The second-order valence-electron chi connectivity index (χ2n) is 6.63. The average Bonchev–Trinajstić information content (AvgIpc) is 2.46. The molecule has 2 aliphatic carbocycles. The van der Waals surface area contributed by atoms with Gasteiger partial charge in [-0.05, 0) is 50.0 Å². The molecule has 0 aliphatic heterocycles. The molecule has 0 aromatic heterocycles. The van der Waals surface area contributed by atoms with Gasteiger partial charge in [-0.1, -0.05) is 36.8 Å². The van der Waals surface area contributed by atoms with Crippen molar-refractivity contribution in [2.45, 2.75) is 57.0 Å². The van der Waals surface area contributed by atoms with E-state index in [0.29, 0.717) is 12.1 Å². The van der Waals surface area contributed by atoms with Crippen molar-refractivity contribution < 1.29 is 9.90 Å². The van der Waals surface area contributed by atoms with E-state index in [1.165, 1.54) is 24.8 Å². The summed E-state index contributed by atoms with van der Waals surface area (Å²) in [5.74, 6) is 0.0126. The Labute approximate surface area is 126 Å². The zero-order chi connectivity index (χ0) is 14.7. The van der Waals surface area contributed by atoms with Crippen molar-refractivity contribution in [2.24, 2.45) is 11.8 Å². The molecule has 0 heterocycles. The predicted molar refractivity (Wildman–Crippen MR) is 83.0 cm³/mol. The van der Waals surface area contributed by atoms with E-state index in [4.69, 9.17) is 5.11 Å². The van der Waals surface area contributed by atoms with Gasteiger partial charge in [0.2, 0.25) is 0 Å². The Morgan fingerprint density at radius 2 is 1.71 bits per heavy atom. The van der Waals surface area contributed by atoms with Crippen LogP contribution in [-0.4, -0.2) is 17.1 Å². The summed E-state index contributed by atoms with van der Waals surface area (Å²) in [6, 6.07) is 11.7. The van der Waals surface area contributed by atoms with Gasteiger partial charge in [0, 0.05) is 12.1 Å². The van der Waals surface area contributed by atoms with Gasteiger partial charge >= 0.3 is 5.97 Å². The third-order valence-corrected chi connectivity index (χ3v) is 5.27. The summed E-state index contributed by atoms with van der Waals surface area (Å²) in [5, 5.41) is 12.9. The third kappa shape index (κ3) is 3.46. The van der Waals surface area contributed by atoms with Crippen LogP contribution in [0.4, 0.5) is 0 Å². The first-order valence-corrected chi connectivity index (χ1v) is 8.28. The number of aliphatic carboxylic acids is 1. The Balaban J connectivity index is 1.62. The lowest BCUT2D eigenvalue weighted by molar-refractivity contribution is -0.142.